The minimum atomic E-state index is -0.119. The van der Waals surface area contributed by atoms with Crippen LogP contribution >= 0.6 is 0 Å². The van der Waals surface area contributed by atoms with Gasteiger partial charge in [0.05, 0.1) is 18.4 Å². The number of nitrogens with two attached hydrogens (primary N) is 1. The van der Waals surface area contributed by atoms with Gasteiger partial charge in [0.25, 0.3) is 0 Å². The van der Waals surface area contributed by atoms with Crippen molar-refractivity contribution in [2.45, 2.75) is 44.6 Å². The zero-order valence-corrected chi connectivity index (χ0v) is 12.4. The molecule has 0 spiro atoms. The molecule has 4 nitrogen and oxygen atoms in total. The molecule has 2 unspecified atom stereocenters. The van der Waals surface area contributed by atoms with Crippen molar-refractivity contribution in [2.75, 3.05) is 11.4 Å². The summed E-state index contributed by atoms with van der Waals surface area (Å²) in [5.74, 6) is -0.0442. The molecular formula is C17H23N3O. The number of anilines is 1. The van der Waals surface area contributed by atoms with Gasteiger partial charge in [-0.1, -0.05) is 37.5 Å². The summed E-state index contributed by atoms with van der Waals surface area (Å²) >= 11 is 0. The molecule has 0 radical (unpaired) electrons. The zero-order chi connectivity index (χ0) is 15.1. The topological polar surface area (TPSA) is 70.1 Å². The number of carbonyl (C=O) groups is 1. The number of nitrogens with zero attached hydrogens (tertiary/aromatic N) is 2. The van der Waals surface area contributed by atoms with Crippen LogP contribution < -0.4 is 10.6 Å². The Morgan fingerprint density at radius 2 is 1.95 bits per heavy atom. The second-order valence-electron chi connectivity index (χ2n) is 5.64. The second kappa shape index (κ2) is 7.80. The van der Waals surface area contributed by atoms with E-state index in [0.717, 1.165) is 37.8 Å². The molecular weight excluding hydrogens is 262 g/mol. The fourth-order valence-corrected chi connectivity index (χ4v) is 2.98. The molecule has 1 aliphatic rings. The van der Waals surface area contributed by atoms with E-state index in [4.69, 9.17) is 11.0 Å². The maximum atomic E-state index is 12.9. The average Bonchev–Trinajstić information content (AvgIpc) is 2.73. The molecule has 1 fully saturated rings. The van der Waals surface area contributed by atoms with Gasteiger partial charge in [-0.3, -0.25) is 4.79 Å². The van der Waals surface area contributed by atoms with Crippen LogP contribution in [0.4, 0.5) is 5.69 Å². The lowest BCUT2D eigenvalue weighted by atomic mass is 9.93. The van der Waals surface area contributed by atoms with Crippen molar-refractivity contribution in [2.24, 2.45) is 11.7 Å². The summed E-state index contributed by atoms with van der Waals surface area (Å²) in [4.78, 5) is 14.6. The van der Waals surface area contributed by atoms with E-state index in [1.807, 2.05) is 30.3 Å². The lowest BCUT2D eigenvalue weighted by Crippen LogP contribution is -2.44. The minimum Gasteiger partial charge on any atom is -0.327 e. The van der Waals surface area contributed by atoms with Crippen LogP contribution in [0.5, 0.6) is 0 Å². The maximum Gasteiger partial charge on any atom is 0.231 e. The molecule has 2 rings (SSSR count). The molecule has 2 atom stereocenters. The van der Waals surface area contributed by atoms with Gasteiger partial charge in [-0.15, -0.1) is 0 Å². The molecule has 1 saturated carbocycles. The molecule has 1 aromatic rings. The van der Waals surface area contributed by atoms with Crippen LogP contribution in [0, 0.1) is 17.2 Å². The summed E-state index contributed by atoms with van der Waals surface area (Å²) < 4.78 is 0. The molecule has 2 N–H and O–H groups in total. The van der Waals surface area contributed by atoms with E-state index >= 15 is 0 Å². The van der Waals surface area contributed by atoms with Gasteiger partial charge >= 0.3 is 0 Å². The maximum absolute atomic E-state index is 12.9. The quantitative estimate of drug-likeness (QED) is 0.865. The molecule has 1 aliphatic carbocycles. The Kier molecular flexibility index (Phi) is 5.77. The Bertz CT molecular complexity index is 495. The van der Waals surface area contributed by atoms with Crippen LogP contribution in [0.2, 0.25) is 0 Å². The monoisotopic (exact) mass is 285 g/mol. The standard InChI is InChI=1S/C17H23N3O/c18-12-7-13-20(14-8-3-1-4-9-14)17(21)15-10-5-2-6-11-16(15)19/h1,3-4,8-9,15-16H,2,5-7,10-11,13,19H2. The highest BCUT2D eigenvalue weighted by Gasteiger charge is 2.31. The van der Waals surface area contributed by atoms with Crippen molar-refractivity contribution in [3.63, 3.8) is 0 Å². The van der Waals surface area contributed by atoms with Crippen LogP contribution in [-0.2, 0) is 4.79 Å². The van der Waals surface area contributed by atoms with E-state index in [-0.39, 0.29) is 17.9 Å². The number of rotatable bonds is 4. The number of nitriles is 1. The molecule has 1 aromatic carbocycles. The Hall–Kier alpha value is -1.86. The van der Waals surface area contributed by atoms with E-state index in [9.17, 15) is 4.79 Å². The minimum absolute atomic E-state index is 0.0618. The van der Waals surface area contributed by atoms with Crippen LogP contribution in [0.25, 0.3) is 0 Å². The largest absolute Gasteiger partial charge is 0.327 e. The normalized spacial score (nSPS) is 22.1. The summed E-state index contributed by atoms with van der Waals surface area (Å²) in [6.07, 6.45) is 5.43. The summed E-state index contributed by atoms with van der Waals surface area (Å²) in [6, 6.07) is 11.6. The van der Waals surface area contributed by atoms with Gasteiger partial charge in [0, 0.05) is 18.3 Å². The highest BCUT2D eigenvalue weighted by atomic mass is 16.2. The smallest absolute Gasteiger partial charge is 0.231 e. The van der Waals surface area contributed by atoms with E-state index in [0.29, 0.717) is 13.0 Å². The lowest BCUT2D eigenvalue weighted by Gasteiger charge is -2.29. The van der Waals surface area contributed by atoms with Crippen molar-refractivity contribution in [3.05, 3.63) is 30.3 Å². The van der Waals surface area contributed by atoms with Crippen molar-refractivity contribution in [3.8, 4) is 6.07 Å². The molecule has 0 aliphatic heterocycles. The lowest BCUT2D eigenvalue weighted by molar-refractivity contribution is -0.123. The summed E-state index contributed by atoms with van der Waals surface area (Å²) in [5, 5.41) is 8.84. The third kappa shape index (κ3) is 4.05. The highest BCUT2D eigenvalue weighted by Crippen LogP contribution is 2.26. The summed E-state index contributed by atoms with van der Waals surface area (Å²) in [6.45, 7) is 0.433. The Morgan fingerprint density at radius 3 is 2.67 bits per heavy atom. The molecule has 0 bridgehead atoms. The molecule has 0 saturated heterocycles. The van der Waals surface area contributed by atoms with Crippen LogP contribution in [-0.4, -0.2) is 18.5 Å². The first-order valence-corrected chi connectivity index (χ1v) is 7.73. The second-order valence-corrected chi connectivity index (χ2v) is 5.64. The fraction of sp³-hybridized carbons (Fsp3) is 0.529. The average molecular weight is 285 g/mol. The van der Waals surface area contributed by atoms with Gasteiger partial charge in [0.1, 0.15) is 0 Å². The molecule has 112 valence electrons. The predicted octanol–water partition coefficient (Wildman–Crippen LogP) is 2.84. The molecule has 0 aromatic heterocycles. The van der Waals surface area contributed by atoms with Crippen LogP contribution in [0.1, 0.15) is 38.5 Å². The van der Waals surface area contributed by atoms with E-state index in [1.54, 1.807) is 4.90 Å². The first-order valence-electron chi connectivity index (χ1n) is 7.73. The third-order valence-electron chi connectivity index (χ3n) is 4.17. The first kappa shape index (κ1) is 15.5. The van der Waals surface area contributed by atoms with Gasteiger partial charge in [-0.05, 0) is 25.0 Å². The number of amides is 1. The van der Waals surface area contributed by atoms with Crippen molar-refractivity contribution < 1.29 is 4.79 Å². The number of carbonyl (C=O) groups excluding carboxylic acids is 1. The Morgan fingerprint density at radius 1 is 1.24 bits per heavy atom. The SMILES string of the molecule is N#CCCN(C(=O)C1CCCCCC1N)c1ccccc1. The van der Waals surface area contributed by atoms with Crippen LogP contribution in [0.15, 0.2) is 30.3 Å². The number of hydrogen-bond donors (Lipinski definition) is 1. The summed E-state index contributed by atoms with van der Waals surface area (Å²) in [7, 11) is 0. The van der Waals surface area contributed by atoms with E-state index < -0.39 is 0 Å². The van der Waals surface area contributed by atoms with Crippen LogP contribution in [0.3, 0.4) is 0 Å². The third-order valence-corrected chi connectivity index (χ3v) is 4.17. The molecule has 0 heterocycles. The zero-order valence-electron chi connectivity index (χ0n) is 12.4. The van der Waals surface area contributed by atoms with Gasteiger partial charge in [-0.2, -0.15) is 5.26 Å². The molecule has 4 heteroatoms. The van der Waals surface area contributed by atoms with Crippen molar-refractivity contribution in [1.29, 1.82) is 5.26 Å². The van der Waals surface area contributed by atoms with Crippen molar-refractivity contribution in [1.82, 2.24) is 0 Å². The van der Waals surface area contributed by atoms with Gasteiger partial charge < -0.3 is 10.6 Å². The van der Waals surface area contributed by atoms with Gasteiger partial charge in [0.2, 0.25) is 5.91 Å². The molecule has 1 amide bonds. The fourth-order valence-electron chi connectivity index (χ4n) is 2.98. The Balaban J connectivity index is 2.19. The number of benzene rings is 1. The van der Waals surface area contributed by atoms with E-state index in [2.05, 4.69) is 6.07 Å². The predicted molar refractivity (Wildman–Crippen MR) is 83.6 cm³/mol. The van der Waals surface area contributed by atoms with Crippen molar-refractivity contribution >= 4 is 11.6 Å². The van der Waals surface area contributed by atoms with Gasteiger partial charge in [0.15, 0.2) is 0 Å². The highest BCUT2D eigenvalue weighted by molar-refractivity contribution is 5.95. The van der Waals surface area contributed by atoms with E-state index in [1.165, 1.54) is 0 Å². The number of hydrogen-bond acceptors (Lipinski definition) is 3. The Labute approximate surface area is 126 Å². The van der Waals surface area contributed by atoms with Gasteiger partial charge in [-0.25, -0.2) is 0 Å². The molecule has 21 heavy (non-hydrogen) atoms. The summed E-state index contributed by atoms with van der Waals surface area (Å²) in [5.41, 5.74) is 7.07. The first-order chi connectivity index (χ1) is 10.2. The number of para-hydroxylation sites is 1.